The number of furan rings is 1. The van der Waals surface area contributed by atoms with Crippen molar-refractivity contribution in [2.24, 2.45) is 0 Å². The van der Waals surface area contributed by atoms with Crippen molar-refractivity contribution in [3.8, 4) is 0 Å². The minimum absolute atomic E-state index is 0.0320. The van der Waals surface area contributed by atoms with Crippen LogP contribution >= 0.6 is 0 Å². The number of carbonyl (C=O) groups is 2. The molecule has 0 aromatic carbocycles. The zero-order valence-corrected chi connectivity index (χ0v) is 14.2. The van der Waals surface area contributed by atoms with Gasteiger partial charge in [0, 0.05) is 45.1 Å². The molecule has 0 radical (unpaired) electrons. The highest BCUT2D eigenvalue weighted by Gasteiger charge is 2.25. The Morgan fingerprint density at radius 3 is 2.46 bits per heavy atom. The summed E-state index contributed by atoms with van der Waals surface area (Å²) in [4.78, 5) is 28.3. The Morgan fingerprint density at radius 2 is 1.79 bits per heavy atom. The molecule has 2 fully saturated rings. The van der Waals surface area contributed by atoms with Gasteiger partial charge in [-0.05, 0) is 25.0 Å². The van der Waals surface area contributed by atoms with Gasteiger partial charge in [0.1, 0.15) is 5.76 Å². The van der Waals surface area contributed by atoms with E-state index in [9.17, 15) is 9.59 Å². The van der Waals surface area contributed by atoms with E-state index in [1.807, 2.05) is 21.9 Å². The lowest BCUT2D eigenvalue weighted by atomic mass is 9.96. The molecule has 0 spiro atoms. The molecular formula is C18H27N3O3. The molecule has 132 valence electrons. The van der Waals surface area contributed by atoms with E-state index in [0.717, 1.165) is 18.6 Å². The summed E-state index contributed by atoms with van der Waals surface area (Å²) in [5.41, 5.74) is 0. The van der Waals surface area contributed by atoms with E-state index in [1.54, 1.807) is 6.26 Å². The van der Waals surface area contributed by atoms with Crippen LogP contribution in [-0.2, 0) is 11.2 Å². The standard InChI is InChI=1S/C18H27N3O3/c22-17(9-8-16-7-4-14-24-16)20-10-12-21(13-11-20)18(23)19-15-5-2-1-3-6-15/h4,7,14-15H,1-3,5-6,8-13H2,(H,19,23). The normalized spacial score (nSPS) is 19.3. The summed E-state index contributed by atoms with van der Waals surface area (Å²) in [5, 5.41) is 3.15. The summed E-state index contributed by atoms with van der Waals surface area (Å²) in [6, 6.07) is 4.09. The highest BCUT2D eigenvalue weighted by molar-refractivity contribution is 5.78. The van der Waals surface area contributed by atoms with Gasteiger partial charge in [0.15, 0.2) is 0 Å². The van der Waals surface area contributed by atoms with Crippen LogP contribution in [0.2, 0.25) is 0 Å². The Bertz CT molecular complexity index is 530. The first-order valence-corrected chi connectivity index (χ1v) is 9.08. The van der Waals surface area contributed by atoms with Gasteiger partial charge in [0.2, 0.25) is 5.91 Å². The van der Waals surface area contributed by atoms with E-state index in [4.69, 9.17) is 4.42 Å². The van der Waals surface area contributed by atoms with Crippen LogP contribution in [0.5, 0.6) is 0 Å². The van der Waals surface area contributed by atoms with Gasteiger partial charge in [-0.15, -0.1) is 0 Å². The van der Waals surface area contributed by atoms with Crippen molar-refractivity contribution in [1.29, 1.82) is 0 Å². The molecule has 0 unspecified atom stereocenters. The number of urea groups is 1. The van der Waals surface area contributed by atoms with Gasteiger partial charge >= 0.3 is 6.03 Å². The number of rotatable bonds is 4. The van der Waals surface area contributed by atoms with Crippen LogP contribution in [-0.4, -0.2) is 54.0 Å². The molecule has 1 aromatic heterocycles. The van der Waals surface area contributed by atoms with Gasteiger partial charge in [-0.2, -0.15) is 0 Å². The minimum Gasteiger partial charge on any atom is -0.469 e. The van der Waals surface area contributed by atoms with Crippen LogP contribution in [0.4, 0.5) is 4.79 Å². The number of nitrogens with zero attached hydrogens (tertiary/aromatic N) is 2. The van der Waals surface area contributed by atoms with Crippen molar-refractivity contribution in [1.82, 2.24) is 15.1 Å². The smallest absolute Gasteiger partial charge is 0.317 e. The fourth-order valence-electron chi connectivity index (χ4n) is 3.51. The average Bonchev–Trinajstić information content (AvgIpc) is 3.14. The summed E-state index contributed by atoms with van der Waals surface area (Å²) in [6.45, 7) is 2.47. The fraction of sp³-hybridized carbons (Fsp3) is 0.667. The lowest BCUT2D eigenvalue weighted by Gasteiger charge is -2.36. The van der Waals surface area contributed by atoms with E-state index in [-0.39, 0.29) is 11.9 Å². The predicted octanol–water partition coefficient (Wildman–Crippen LogP) is 2.40. The van der Waals surface area contributed by atoms with Crippen LogP contribution in [0, 0.1) is 0 Å². The molecule has 24 heavy (non-hydrogen) atoms. The molecule has 1 N–H and O–H groups in total. The molecule has 1 saturated carbocycles. The molecule has 1 aliphatic heterocycles. The first kappa shape index (κ1) is 16.9. The molecule has 6 heteroatoms. The zero-order chi connectivity index (χ0) is 16.8. The third-order valence-electron chi connectivity index (χ3n) is 5.02. The summed E-state index contributed by atoms with van der Waals surface area (Å²) in [6.07, 6.45) is 8.62. The van der Waals surface area contributed by atoms with Gasteiger partial charge in [-0.1, -0.05) is 19.3 Å². The second-order valence-corrected chi connectivity index (χ2v) is 6.73. The topological polar surface area (TPSA) is 65.8 Å². The van der Waals surface area contributed by atoms with E-state index >= 15 is 0 Å². The number of aryl methyl sites for hydroxylation is 1. The predicted molar refractivity (Wildman–Crippen MR) is 90.6 cm³/mol. The second kappa shape index (κ2) is 8.22. The molecule has 3 amide bonds. The number of piperazine rings is 1. The van der Waals surface area contributed by atoms with Gasteiger partial charge in [0.25, 0.3) is 0 Å². The highest BCUT2D eigenvalue weighted by atomic mass is 16.3. The second-order valence-electron chi connectivity index (χ2n) is 6.73. The number of hydrogen-bond acceptors (Lipinski definition) is 3. The van der Waals surface area contributed by atoms with Crippen molar-refractivity contribution >= 4 is 11.9 Å². The summed E-state index contributed by atoms with van der Waals surface area (Å²) in [5.74, 6) is 0.979. The molecular weight excluding hydrogens is 306 g/mol. The molecule has 1 aliphatic carbocycles. The van der Waals surface area contributed by atoms with Gasteiger partial charge in [-0.3, -0.25) is 4.79 Å². The molecule has 0 bridgehead atoms. The lowest BCUT2D eigenvalue weighted by Crippen LogP contribution is -2.54. The third kappa shape index (κ3) is 4.52. The number of hydrogen-bond donors (Lipinski definition) is 1. The fourth-order valence-corrected chi connectivity index (χ4v) is 3.51. The number of nitrogens with one attached hydrogen (secondary N) is 1. The molecule has 3 rings (SSSR count). The van der Waals surface area contributed by atoms with Crippen LogP contribution in [0.25, 0.3) is 0 Å². The van der Waals surface area contributed by atoms with E-state index in [1.165, 1.54) is 19.3 Å². The van der Waals surface area contributed by atoms with Crippen molar-refractivity contribution in [3.63, 3.8) is 0 Å². The van der Waals surface area contributed by atoms with Crippen molar-refractivity contribution < 1.29 is 14.0 Å². The number of carbonyl (C=O) groups excluding carboxylic acids is 2. The molecule has 2 heterocycles. The Balaban J connectivity index is 1.38. The minimum atomic E-state index is 0.0320. The van der Waals surface area contributed by atoms with Gasteiger partial charge < -0.3 is 19.5 Å². The van der Waals surface area contributed by atoms with E-state index in [0.29, 0.717) is 45.1 Å². The highest BCUT2D eigenvalue weighted by Crippen LogP contribution is 2.18. The molecule has 1 saturated heterocycles. The Kier molecular flexibility index (Phi) is 5.77. The summed E-state index contributed by atoms with van der Waals surface area (Å²) in [7, 11) is 0. The van der Waals surface area contributed by atoms with Crippen molar-refractivity contribution in [2.45, 2.75) is 51.0 Å². The maximum atomic E-state index is 12.3. The quantitative estimate of drug-likeness (QED) is 0.920. The zero-order valence-electron chi connectivity index (χ0n) is 14.2. The molecule has 2 aliphatic rings. The van der Waals surface area contributed by atoms with Crippen LogP contribution in [0.1, 0.15) is 44.3 Å². The monoisotopic (exact) mass is 333 g/mol. The van der Waals surface area contributed by atoms with Crippen molar-refractivity contribution in [3.05, 3.63) is 24.2 Å². The third-order valence-corrected chi connectivity index (χ3v) is 5.02. The Morgan fingerprint density at radius 1 is 1.08 bits per heavy atom. The van der Waals surface area contributed by atoms with Crippen LogP contribution in [0.15, 0.2) is 22.8 Å². The average molecular weight is 333 g/mol. The number of amides is 3. The van der Waals surface area contributed by atoms with Gasteiger partial charge in [0.05, 0.1) is 6.26 Å². The van der Waals surface area contributed by atoms with E-state index in [2.05, 4.69) is 5.32 Å². The van der Waals surface area contributed by atoms with Crippen LogP contribution < -0.4 is 5.32 Å². The largest absolute Gasteiger partial charge is 0.469 e. The maximum Gasteiger partial charge on any atom is 0.317 e. The summed E-state index contributed by atoms with van der Waals surface area (Å²) >= 11 is 0. The van der Waals surface area contributed by atoms with Crippen LogP contribution in [0.3, 0.4) is 0 Å². The van der Waals surface area contributed by atoms with E-state index < -0.39 is 0 Å². The van der Waals surface area contributed by atoms with Gasteiger partial charge in [-0.25, -0.2) is 4.79 Å². The maximum absolute atomic E-state index is 12.3. The SMILES string of the molecule is O=C(CCc1ccco1)N1CCN(C(=O)NC2CCCCC2)CC1. The first-order valence-electron chi connectivity index (χ1n) is 9.08. The molecule has 1 aromatic rings. The summed E-state index contributed by atoms with van der Waals surface area (Å²) < 4.78 is 5.26. The molecule has 0 atom stereocenters. The van der Waals surface area contributed by atoms with Crippen molar-refractivity contribution in [2.75, 3.05) is 26.2 Å². The molecule has 6 nitrogen and oxygen atoms in total. The lowest BCUT2D eigenvalue weighted by molar-refractivity contribution is -0.132. The first-order chi connectivity index (χ1) is 11.7. The Hall–Kier alpha value is -1.98. The Labute approximate surface area is 143 Å².